The number of hydrogen-bond acceptors (Lipinski definition) is 2. The van der Waals surface area contributed by atoms with Gasteiger partial charge >= 0.3 is 0 Å². The second-order valence-corrected chi connectivity index (χ2v) is 5.58. The summed E-state index contributed by atoms with van der Waals surface area (Å²) in [6.07, 6.45) is 10.8. The maximum absolute atomic E-state index is 12.1. The standard InChI is InChI=1S/C16H24O2/c1-2-3-5-13-7-9-14(10-8-13)16(17)12-15-6-4-11-18-15/h4,6,11,13-14H,2-3,5,7-10,12H2,1H3. The van der Waals surface area contributed by atoms with E-state index in [1.54, 1.807) is 6.26 Å². The van der Waals surface area contributed by atoms with E-state index >= 15 is 0 Å². The Labute approximate surface area is 110 Å². The summed E-state index contributed by atoms with van der Waals surface area (Å²) in [6.45, 7) is 2.25. The summed E-state index contributed by atoms with van der Waals surface area (Å²) < 4.78 is 5.25. The molecule has 0 radical (unpaired) electrons. The first-order valence-corrected chi connectivity index (χ1v) is 7.34. The van der Waals surface area contributed by atoms with Crippen molar-refractivity contribution in [3.05, 3.63) is 24.2 Å². The van der Waals surface area contributed by atoms with Crippen molar-refractivity contribution in [3.8, 4) is 0 Å². The molecule has 1 aromatic rings. The monoisotopic (exact) mass is 248 g/mol. The number of ketones is 1. The molecule has 0 bridgehead atoms. The molecule has 0 aromatic carbocycles. The average molecular weight is 248 g/mol. The third-order valence-corrected chi connectivity index (χ3v) is 4.20. The van der Waals surface area contributed by atoms with Gasteiger partial charge in [-0.15, -0.1) is 0 Å². The highest BCUT2D eigenvalue weighted by Crippen LogP contribution is 2.32. The minimum absolute atomic E-state index is 0.285. The van der Waals surface area contributed by atoms with Crippen molar-refractivity contribution >= 4 is 5.78 Å². The molecule has 0 saturated heterocycles. The van der Waals surface area contributed by atoms with Gasteiger partial charge in [0.25, 0.3) is 0 Å². The molecule has 0 atom stereocenters. The molecule has 1 saturated carbocycles. The zero-order valence-electron chi connectivity index (χ0n) is 11.4. The average Bonchev–Trinajstić information content (AvgIpc) is 2.89. The van der Waals surface area contributed by atoms with Crippen molar-refractivity contribution in [2.75, 3.05) is 0 Å². The fraction of sp³-hybridized carbons (Fsp3) is 0.688. The zero-order chi connectivity index (χ0) is 12.8. The summed E-state index contributed by atoms with van der Waals surface area (Å²) in [4.78, 5) is 12.1. The number of rotatable bonds is 6. The Hall–Kier alpha value is -1.05. The molecular weight excluding hydrogens is 224 g/mol. The molecule has 2 heteroatoms. The number of hydrogen-bond donors (Lipinski definition) is 0. The van der Waals surface area contributed by atoms with Crippen LogP contribution in [0.1, 0.15) is 57.6 Å². The Balaban J connectivity index is 1.73. The summed E-state index contributed by atoms with van der Waals surface area (Å²) in [5.41, 5.74) is 0. The van der Waals surface area contributed by atoms with Crippen molar-refractivity contribution < 1.29 is 9.21 Å². The molecule has 0 aliphatic heterocycles. The van der Waals surface area contributed by atoms with Crippen molar-refractivity contribution in [2.24, 2.45) is 11.8 Å². The molecule has 18 heavy (non-hydrogen) atoms. The molecule has 100 valence electrons. The molecular formula is C16H24O2. The number of furan rings is 1. The van der Waals surface area contributed by atoms with Crippen LogP contribution in [0.2, 0.25) is 0 Å². The van der Waals surface area contributed by atoms with Crippen molar-refractivity contribution in [2.45, 2.75) is 58.3 Å². The lowest BCUT2D eigenvalue weighted by Gasteiger charge is -2.27. The zero-order valence-corrected chi connectivity index (χ0v) is 11.4. The summed E-state index contributed by atoms with van der Waals surface area (Å²) in [6, 6.07) is 3.75. The molecule has 1 aromatic heterocycles. The van der Waals surface area contributed by atoms with Crippen LogP contribution in [0.4, 0.5) is 0 Å². The van der Waals surface area contributed by atoms with E-state index in [-0.39, 0.29) is 5.92 Å². The molecule has 0 unspecified atom stereocenters. The lowest BCUT2D eigenvalue weighted by molar-refractivity contribution is -0.123. The Bertz CT molecular complexity index is 345. The summed E-state index contributed by atoms with van der Waals surface area (Å²) in [7, 11) is 0. The van der Waals surface area contributed by atoms with Crippen LogP contribution in [0.25, 0.3) is 0 Å². The van der Waals surface area contributed by atoms with Gasteiger partial charge in [0, 0.05) is 5.92 Å². The molecule has 1 fully saturated rings. The van der Waals surface area contributed by atoms with Gasteiger partial charge in [0.15, 0.2) is 0 Å². The molecule has 2 nitrogen and oxygen atoms in total. The topological polar surface area (TPSA) is 30.2 Å². The second-order valence-electron chi connectivity index (χ2n) is 5.58. The smallest absolute Gasteiger partial charge is 0.143 e. The van der Waals surface area contributed by atoms with Crippen molar-refractivity contribution in [1.29, 1.82) is 0 Å². The fourth-order valence-corrected chi connectivity index (χ4v) is 3.00. The summed E-state index contributed by atoms with van der Waals surface area (Å²) >= 11 is 0. The lowest BCUT2D eigenvalue weighted by Crippen LogP contribution is -2.23. The minimum atomic E-state index is 0.285. The van der Waals surface area contributed by atoms with Gasteiger partial charge in [0.2, 0.25) is 0 Å². The maximum atomic E-state index is 12.1. The van der Waals surface area contributed by atoms with Gasteiger partial charge in [-0.2, -0.15) is 0 Å². The van der Waals surface area contributed by atoms with E-state index in [0.717, 1.165) is 24.5 Å². The number of Topliss-reactive ketones (excluding diaryl/α,β-unsaturated/α-hetero) is 1. The van der Waals surface area contributed by atoms with Crippen LogP contribution in [-0.4, -0.2) is 5.78 Å². The van der Waals surface area contributed by atoms with E-state index in [9.17, 15) is 4.79 Å². The Morgan fingerprint density at radius 3 is 2.72 bits per heavy atom. The highest BCUT2D eigenvalue weighted by molar-refractivity contribution is 5.82. The fourth-order valence-electron chi connectivity index (χ4n) is 3.00. The van der Waals surface area contributed by atoms with Gasteiger partial charge < -0.3 is 4.42 Å². The third kappa shape index (κ3) is 3.72. The lowest BCUT2D eigenvalue weighted by atomic mass is 9.77. The van der Waals surface area contributed by atoms with Crippen LogP contribution in [0.15, 0.2) is 22.8 Å². The van der Waals surface area contributed by atoms with Crippen LogP contribution in [0.3, 0.4) is 0 Å². The number of unbranched alkanes of at least 4 members (excludes halogenated alkanes) is 1. The highest BCUT2D eigenvalue weighted by Gasteiger charge is 2.26. The SMILES string of the molecule is CCCCC1CCC(C(=O)Cc2ccco2)CC1. The Morgan fingerprint density at radius 1 is 1.33 bits per heavy atom. The quantitative estimate of drug-likeness (QED) is 0.747. The highest BCUT2D eigenvalue weighted by atomic mass is 16.3. The van der Waals surface area contributed by atoms with Gasteiger partial charge in [0.1, 0.15) is 11.5 Å². The van der Waals surface area contributed by atoms with E-state index in [0.29, 0.717) is 12.2 Å². The van der Waals surface area contributed by atoms with Crippen molar-refractivity contribution in [1.82, 2.24) is 0 Å². The summed E-state index contributed by atoms with van der Waals surface area (Å²) in [5, 5.41) is 0. The van der Waals surface area contributed by atoms with E-state index in [1.807, 2.05) is 12.1 Å². The van der Waals surface area contributed by atoms with Gasteiger partial charge in [-0.25, -0.2) is 0 Å². The normalized spacial score (nSPS) is 24.1. The third-order valence-electron chi connectivity index (χ3n) is 4.20. The van der Waals surface area contributed by atoms with Crippen LogP contribution in [-0.2, 0) is 11.2 Å². The molecule has 0 spiro atoms. The minimum Gasteiger partial charge on any atom is -0.469 e. The van der Waals surface area contributed by atoms with Crippen LogP contribution in [0, 0.1) is 11.8 Å². The molecule has 1 aliphatic rings. The predicted molar refractivity (Wildman–Crippen MR) is 72.4 cm³/mol. The largest absolute Gasteiger partial charge is 0.469 e. The number of carbonyl (C=O) groups excluding carboxylic acids is 1. The molecule has 1 aliphatic carbocycles. The predicted octanol–water partition coefficient (Wildman–Crippen LogP) is 4.39. The van der Waals surface area contributed by atoms with Gasteiger partial charge in [0.05, 0.1) is 12.7 Å². The van der Waals surface area contributed by atoms with E-state index < -0.39 is 0 Å². The molecule has 0 amide bonds. The van der Waals surface area contributed by atoms with Gasteiger partial charge in [-0.05, 0) is 43.7 Å². The van der Waals surface area contributed by atoms with Gasteiger partial charge in [-0.1, -0.05) is 26.2 Å². The molecule has 2 rings (SSSR count). The molecule has 0 N–H and O–H groups in total. The van der Waals surface area contributed by atoms with E-state index in [4.69, 9.17) is 4.42 Å². The van der Waals surface area contributed by atoms with Crippen LogP contribution in [0.5, 0.6) is 0 Å². The maximum Gasteiger partial charge on any atom is 0.143 e. The number of carbonyl (C=O) groups is 1. The van der Waals surface area contributed by atoms with Gasteiger partial charge in [-0.3, -0.25) is 4.79 Å². The Morgan fingerprint density at radius 2 is 2.11 bits per heavy atom. The first kappa shape index (κ1) is 13.4. The van der Waals surface area contributed by atoms with E-state index in [2.05, 4.69) is 6.92 Å². The Kier molecular flexibility index (Phi) is 5.03. The first-order valence-electron chi connectivity index (χ1n) is 7.34. The summed E-state index contributed by atoms with van der Waals surface area (Å²) in [5.74, 6) is 2.34. The van der Waals surface area contributed by atoms with Crippen LogP contribution >= 0.6 is 0 Å². The second kappa shape index (κ2) is 6.77. The molecule has 1 heterocycles. The van der Waals surface area contributed by atoms with Crippen molar-refractivity contribution in [3.63, 3.8) is 0 Å². The van der Waals surface area contributed by atoms with E-state index in [1.165, 1.54) is 32.1 Å². The first-order chi connectivity index (χ1) is 8.79. The van der Waals surface area contributed by atoms with Crippen LogP contribution < -0.4 is 0 Å².